The second-order valence-corrected chi connectivity index (χ2v) is 12.3. The van der Waals surface area contributed by atoms with Gasteiger partial charge in [-0.05, 0) is 80.6 Å². The number of likely N-dealkylation sites (tertiary alicyclic amines) is 1. The van der Waals surface area contributed by atoms with Crippen molar-refractivity contribution in [1.29, 1.82) is 0 Å². The molecule has 178 valence electrons. The van der Waals surface area contributed by atoms with Crippen molar-refractivity contribution in [1.82, 2.24) is 14.7 Å². The van der Waals surface area contributed by atoms with Crippen molar-refractivity contribution in [3.8, 4) is 0 Å². The molecular weight excluding hydrogens is 434 g/mol. The van der Waals surface area contributed by atoms with E-state index in [9.17, 15) is 14.4 Å². The quantitative estimate of drug-likeness (QED) is 0.681. The molecule has 7 rings (SSSR count). The maximum absolute atomic E-state index is 13.6. The number of nitrogens with zero attached hydrogens (tertiary/aromatic N) is 3. The van der Waals surface area contributed by atoms with Crippen LogP contribution in [0, 0.1) is 29.1 Å². The molecule has 4 bridgehead atoms. The van der Waals surface area contributed by atoms with E-state index in [0.717, 1.165) is 61.3 Å². The number of carbonyl (C=O) groups excluding carboxylic acids is 3. The van der Waals surface area contributed by atoms with Gasteiger partial charge in [0, 0.05) is 39.3 Å². The molecule has 6 aliphatic rings. The van der Waals surface area contributed by atoms with E-state index >= 15 is 0 Å². The zero-order valence-corrected chi connectivity index (χ0v) is 20.2. The van der Waals surface area contributed by atoms with Gasteiger partial charge in [-0.1, -0.05) is 6.07 Å². The summed E-state index contributed by atoms with van der Waals surface area (Å²) in [5, 5.41) is 1.92. The zero-order chi connectivity index (χ0) is 22.6. The van der Waals surface area contributed by atoms with Crippen LogP contribution in [0.4, 0.5) is 0 Å². The molecule has 2 aliphatic heterocycles. The Bertz CT molecular complexity index is 886. The number of piperazine rings is 1. The first-order chi connectivity index (χ1) is 16.0. The molecule has 7 heteroatoms. The smallest absolute Gasteiger partial charge is 0.263 e. The molecule has 33 heavy (non-hydrogen) atoms. The molecule has 0 N–H and O–H groups in total. The van der Waals surface area contributed by atoms with Crippen LogP contribution in [-0.4, -0.2) is 71.7 Å². The fraction of sp³-hybridized carbons (Fsp3) is 0.731. The van der Waals surface area contributed by atoms with E-state index in [1.165, 1.54) is 30.6 Å². The SMILES string of the molecule is O=C(c1cccs1)N1CCCC(C(=O)N2CCN(C(=O)C34CC5CC(CC(C5)C3)C4)CC2)C1. The van der Waals surface area contributed by atoms with Gasteiger partial charge in [-0.3, -0.25) is 14.4 Å². The zero-order valence-electron chi connectivity index (χ0n) is 19.4. The Labute approximate surface area is 200 Å². The standard InChI is InChI=1S/C26H35N3O3S/c30-23(21-3-1-5-29(17-21)24(31)22-4-2-10-33-22)27-6-8-28(9-7-27)25(32)26-14-18-11-19(15-26)13-20(12-18)16-26/h2,4,10,18-21H,1,3,5-9,11-17H2. The number of amides is 3. The first kappa shape index (κ1) is 21.6. The Morgan fingerprint density at radius 2 is 1.48 bits per heavy atom. The Hall–Kier alpha value is -1.89. The number of piperidine rings is 1. The molecule has 4 saturated carbocycles. The molecule has 0 aromatic carbocycles. The number of hydrogen-bond donors (Lipinski definition) is 0. The third kappa shape index (κ3) is 3.90. The lowest BCUT2D eigenvalue weighted by Crippen LogP contribution is -2.59. The summed E-state index contributed by atoms with van der Waals surface area (Å²) in [6, 6.07) is 3.76. The van der Waals surface area contributed by atoms with E-state index in [-0.39, 0.29) is 23.1 Å². The minimum Gasteiger partial charge on any atom is -0.339 e. The number of thiophene rings is 1. The minimum absolute atomic E-state index is 0.0495. The van der Waals surface area contributed by atoms with Crippen molar-refractivity contribution in [2.45, 2.75) is 51.4 Å². The van der Waals surface area contributed by atoms with Gasteiger partial charge < -0.3 is 14.7 Å². The summed E-state index contributed by atoms with van der Waals surface area (Å²) in [6.45, 7) is 3.84. The largest absolute Gasteiger partial charge is 0.339 e. The van der Waals surface area contributed by atoms with Crippen molar-refractivity contribution in [2.75, 3.05) is 39.3 Å². The molecule has 4 aliphatic carbocycles. The van der Waals surface area contributed by atoms with Gasteiger partial charge in [0.1, 0.15) is 0 Å². The average Bonchev–Trinajstić information content (AvgIpc) is 3.37. The van der Waals surface area contributed by atoms with Gasteiger partial charge in [-0.25, -0.2) is 0 Å². The lowest BCUT2D eigenvalue weighted by molar-refractivity contribution is -0.161. The molecule has 6 nitrogen and oxygen atoms in total. The molecule has 1 aromatic rings. The molecule has 3 heterocycles. The highest BCUT2D eigenvalue weighted by Crippen LogP contribution is 2.60. The van der Waals surface area contributed by atoms with Crippen molar-refractivity contribution >= 4 is 29.1 Å². The molecule has 3 amide bonds. The second kappa shape index (κ2) is 8.40. The van der Waals surface area contributed by atoms with Crippen LogP contribution in [0.5, 0.6) is 0 Å². The first-order valence-electron chi connectivity index (χ1n) is 12.9. The summed E-state index contributed by atoms with van der Waals surface area (Å²) in [5.74, 6) is 2.80. The highest BCUT2D eigenvalue weighted by Gasteiger charge is 2.55. The fourth-order valence-electron chi connectivity index (χ4n) is 8.02. The van der Waals surface area contributed by atoms with Crippen LogP contribution in [0.3, 0.4) is 0 Å². The van der Waals surface area contributed by atoms with Gasteiger partial charge in [0.2, 0.25) is 11.8 Å². The molecule has 0 radical (unpaired) electrons. The molecule has 1 atom stereocenters. The molecule has 2 saturated heterocycles. The van der Waals surface area contributed by atoms with Gasteiger partial charge in [-0.2, -0.15) is 0 Å². The molecular formula is C26H35N3O3S. The molecule has 1 aromatic heterocycles. The van der Waals surface area contributed by atoms with Crippen molar-refractivity contribution < 1.29 is 14.4 Å². The van der Waals surface area contributed by atoms with Crippen LogP contribution in [0.25, 0.3) is 0 Å². The minimum atomic E-state index is -0.118. The number of rotatable bonds is 3. The summed E-state index contributed by atoms with van der Waals surface area (Å²) in [4.78, 5) is 46.3. The van der Waals surface area contributed by atoms with E-state index in [1.54, 1.807) is 0 Å². The van der Waals surface area contributed by atoms with Crippen LogP contribution in [0.15, 0.2) is 17.5 Å². The maximum Gasteiger partial charge on any atom is 0.263 e. The van der Waals surface area contributed by atoms with Crippen LogP contribution < -0.4 is 0 Å². The molecule has 6 fully saturated rings. The summed E-state index contributed by atoms with van der Waals surface area (Å²) >= 11 is 1.46. The van der Waals surface area contributed by atoms with E-state index in [1.807, 2.05) is 27.3 Å². The summed E-state index contributed by atoms with van der Waals surface area (Å²) in [5.41, 5.74) is -0.0903. The molecule has 1 unspecified atom stereocenters. The molecule has 0 spiro atoms. The second-order valence-electron chi connectivity index (χ2n) is 11.4. The van der Waals surface area contributed by atoms with Crippen LogP contribution in [0.1, 0.15) is 61.0 Å². The van der Waals surface area contributed by atoms with E-state index in [2.05, 4.69) is 4.90 Å². The van der Waals surface area contributed by atoms with Crippen molar-refractivity contribution in [3.05, 3.63) is 22.4 Å². The van der Waals surface area contributed by atoms with Crippen LogP contribution >= 0.6 is 11.3 Å². The lowest BCUT2D eigenvalue weighted by atomic mass is 9.49. The summed E-state index contributed by atoms with van der Waals surface area (Å²) < 4.78 is 0. The van der Waals surface area contributed by atoms with Gasteiger partial charge in [0.15, 0.2) is 0 Å². The van der Waals surface area contributed by atoms with Crippen LogP contribution in [-0.2, 0) is 9.59 Å². The van der Waals surface area contributed by atoms with E-state index in [4.69, 9.17) is 0 Å². The topological polar surface area (TPSA) is 60.9 Å². The summed E-state index contributed by atoms with van der Waals surface area (Å²) in [7, 11) is 0. The number of hydrogen-bond acceptors (Lipinski definition) is 4. The Morgan fingerprint density at radius 3 is 2.09 bits per heavy atom. The Kier molecular flexibility index (Phi) is 5.51. The van der Waals surface area contributed by atoms with Gasteiger partial charge in [0.05, 0.1) is 16.2 Å². The normalized spacial score (nSPS) is 35.7. The first-order valence-corrected chi connectivity index (χ1v) is 13.8. The monoisotopic (exact) mass is 469 g/mol. The third-order valence-electron chi connectivity index (χ3n) is 9.16. The Balaban J connectivity index is 1.05. The lowest BCUT2D eigenvalue weighted by Gasteiger charge is -2.57. The fourth-order valence-corrected chi connectivity index (χ4v) is 8.71. The van der Waals surface area contributed by atoms with Crippen LogP contribution in [0.2, 0.25) is 0 Å². The summed E-state index contributed by atoms with van der Waals surface area (Å²) in [6.07, 6.45) is 9.08. The van der Waals surface area contributed by atoms with E-state index < -0.39 is 0 Å². The van der Waals surface area contributed by atoms with Gasteiger partial charge in [0.25, 0.3) is 5.91 Å². The van der Waals surface area contributed by atoms with Gasteiger partial charge >= 0.3 is 0 Å². The average molecular weight is 470 g/mol. The van der Waals surface area contributed by atoms with Crippen molar-refractivity contribution in [2.24, 2.45) is 29.1 Å². The number of carbonyl (C=O) groups is 3. The predicted octanol–water partition coefficient (Wildman–Crippen LogP) is 3.49. The maximum atomic E-state index is 13.6. The highest BCUT2D eigenvalue weighted by atomic mass is 32.1. The van der Waals surface area contributed by atoms with Gasteiger partial charge in [-0.15, -0.1) is 11.3 Å². The highest BCUT2D eigenvalue weighted by molar-refractivity contribution is 7.12. The van der Waals surface area contributed by atoms with Crippen molar-refractivity contribution in [3.63, 3.8) is 0 Å². The van der Waals surface area contributed by atoms with E-state index in [0.29, 0.717) is 38.6 Å². The third-order valence-corrected chi connectivity index (χ3v) is 10.0. The predicted molar refractivity (Wildman–Crippen MR) is 127 cm³/mol. The Morgan fingerprint density at radius 1 is 0.848 bits per heavy atom.